The number of aliphatic hydroxyl groups excluding tert-OH is 1. The predicted molar refractivity (Wildman–Crippen MR) is 24.7 cm³/mol. The van der Waals surface area contributed by atoms with Gasteiger partial charge in [0.2, 0.25) is 0 Å². The van der Waals surface area contributed by atoms with Gasteiger partial charge < -0.3 is 9.84 Å². The molecule has 0 aromatic carbocycles. The molecule has 0 heterocycles. The van der Waals surface area contributed by atoms with E-state index < -0.39 is 0 Å². The van der Waals surface area contributed by atoms with Crippen LogP contribution in [-0.4, -0.2) is 63.2 Å². The fourth-order valence-corrected chi connectivity index (χ4v) is 0.0913. The number of hydrogen-bond acceptors (Lipinski definition) is 2. The third-order valence-corrected chi connectivity index (χ3v) is 0.295. The Kier molecular flexibility index (Phi) is 16.2. The summed E-state index contributed by atoms with van der Waals surface area (Å²) in [6, 6.07) is 0. The molecule has 0 fully saturated rings. The first-order valence-corrected chi connectivity index (χ1v) is 1.51. The van der Waals surface area contributed by atoms with Crippen molar-refractivity contribution < 1.29 is 9.84 Å². The molecule has 0 saturated heterocycles. The van der Waals surface area contributed by atoms with Gasteiger partial charge in [-0.2, -0.15) is 0 Å². The minimum Gasteiger partial charge on any atom is -0.394 e. The molecule has 0 aliphatic rings. The molecule has 0 aromatic heterocycles. The number of methoxy groups -OCH3 is 1. The van der Waals surface area contributed by atoms with Crippen molar-refractivity contribution in [1.29, 1.82) is 0 Å². The second-order valence-corrected chi connectivity index (χ2v) is 0.716. The van der Waals surface area contributed by atoms with E-state index in [0.29, 0.717) is 6.61 Å². The van der Waals surface area contributed by atoms with Gasteiger partial charge in [-0.15, -0.1) is 0 Å². The van der Waals surface area contributed by atoms with Crippen molar-refractivity contribution in [3.63, 3.8) is 0 Å². The van der Waals surface area contributed by atoms with Gasteiger partial charge in [-0.1, -0.05) is 0 Å². The van der Waals surface area contributed by atoms with Gasteiger partial charge in [0.05, 0.1) is 13.2 Å². The van der Waals surface area contributed by atoms with Crippen molar-refractivity contribution in [2.75, 3.05) is 20.3 Å². The standard InChI is InChI=1S/C3H8O2.Ca/c1-5-3-2-4;/h4H,2-3H2,1H3;/q;+2. The fourth-order valence-electron chi connectivity index (χ4n) is 0.0913. The van der Waals surface area contributed by atoms with Crippen molar-refractivity contribution in [2.24, 2.45) is 0 Å². The van der Waals surface area contributed by atoms with E-state index in [4.69, 9.17) is 5.11 Å². The molecule has 3 heteroatoms. The Hall–Kier alpha value is 1.18. The summed E-state index contributed by atoms with van der Waals surface area (Å²) in [6.45, 7) is 0.566. The van der Waals surface area contributed by atoms with Gasteiger partial charge in [0.25, 0.3) is 0 Å². The molecule has 6 heavy (non-hydrogen) atoms. The molecule has 2 nitrogen and oxygen atoms in total. The summed E-state index contributed by atoms with van der Waals surface area (Å²) >= 11 is 0. The van der Waals surface area contributed by atoms with Crippen LogP contribution in [0.1, 0.15) is 0 Å². The number of hydrogen-bond donors (Lipinski definition) is 1. The molecule has 0 unspecified atom stereocenters. The summed E-state index contributed by atoms with van der Waals surface area (Å²) < 4.78 is 4.44. The second kappa shape index (κ2) is 9.49. The van der Waals surface area contributed by atoms with Gasteiger partial charge in [-0.3, -0.25) is 0 Å². The van der Waals surface area contributed by atoms with E-state index in [2.05, 4.69) is 4.74 Å². The zero-order chi connectivity index (χ0) is 4.12. The third-order valence-electron chi connectivity index (χ3n) is 0.295. The monoisotopic (exact) mass is 116 g/mol. The Bertz CT molecular complexity index is 16.3. The van der Waals surface area contributed by atoms with E-state index in [1.807, 2.05) is 0 Å². The topological polar surface area (TPSA) is 29.5 Å². The minimum atomic E-state index is 0. The van der Waals surface area contributed by atoms with E-state index >= 15 is 0 Å². The fraction of sp³-hybridized carbons (Fsp3) is 1.00. The average Bonchev–Trinajstić information content (AvgIpc) is 1.41. The number of rotatable bonds is 2. The predicted octanol–water partition coefficient (Wildman–Crippen LogP) is -0.756. The first kappa shape index (κ1) is 10.2. The van der Waals surface area contributed by atoms with Crippen LogP contribution in [-0.2, 0) is 4.74 Å². The Balaban J connectivity index is 0. The molecule has 0 saturated carbocycles. The van der Waals surface area contributed by atoms with Crippen molar-refractivity contribution in [2.45, 2.75) is 0 Å². The van der Waals surface area contributed by atoms with Gasteiger partial charge in [-0.05, 0) is 0 Å². The second-order valence-electron chi connectivity index (χ2n) is 0.716. The van der Waals surface area contributed by atoms with E-state index in [1.54, 1.807) is 7.11 Å². The van der Waals surface area contributed by atoms with E-state index in [9.17, 15) is 0 Å². The van der Waals surface area contributed by atoms with Crippen LogP contribution in [0.5, 0.6) is 0 Å². The summed E-state index contributed by atoms with van der Waals surface area (Å²) in [4.78, 5) is 0. The molecule has 0 spiro atoms. The first-order chi connectivity index (χ1) is 2.41. The van der Waals surface area contributed by atoms with Crippen LogP contribution < -0.4 is 0 Å². The van der Waals surface area contributed by atoms with Crippen molar-refractivity contribution >= 4 is 37.7 Å². The quantitative estimate of drug-likeness (QED) is 0.481. The maximum Gasteiger partial charge on any atom is 2.00 e. The Morgan fingerprint density at radius 3 is 2.17 bits per heavy atom. The van der Waals surface area contributed by atoms with E-state index in [0.717, 1.165) is 0 Å². The zero-order valence-corrected chi connectivity index (χ0v) is 6.19. The molecular weight excluding hydrogens is 108 g/mol. The van der Waals surface area contributed by atoms with Crippen molar-refractivity contribution in [3.05, 3.63) is 0 Å². The van der Waals surface area contributed by atoms with Crippen LogP contribution in [0.25, 0.3) is 0 Å². The number of aliphatic hydroxyl groups is 1. The minimum absolute atomic E-state index is 0. The van der Waals surface area contributed by atoms with Gasteiger partial charge >= 0.3 is 37.7 Å². The molecule has 0 amide bonds. The van der Waals surface area contributed by atoms with Crippen LogP contribution in [0, 0.1) is 0 Å². The molecular formula is C3H8CaO2+2. The van der Waals surface area contributed by atoms with Gasteiger partial charge in [0.15, 0.2) is 0 Å². The normalized spacial score (nSPS) is 7.00. The summed E-state index contributed by atoms with van der Waals surface area (Å²) in [6.07, 6.45) is 0. The molecule has 1 N–H and O–H groups in total. The average molecular weight is 116 g/mol. The van der Waals surface area contributed by atoms with Crippen molar-refractivity contribution in [3.8, 4) is 0 Å². The summed E-state index contributed by atoms with van der Waals surface area (Å²) in [5.74, 6) is 0. The van der Waals surface area contributed by atoms with Crippen LogP contribution >= 0.6 is 0 Å². The number of ether oxygens (including phenoxy) is 1. The molecule has 32 valence electrons. The summed E-state index contributed by atoms with van der Waals surface area (Å²) in [7, 11) is 1.55. The molecule has 0 radical (unpaired) electrons. The van der Waals surface area contributed by atoms with E-state index in [1.165, 1.54) is 0 Å². The van der Waals surface area contributed by atoms with Gasteiger partial charge in [0, 0.05) is 7.11 Å². The van der Waals surface area contributed by atoms with Crippen LogP contribution in [0.4, 0.5) is 0 Å². The Morgan fingerprint density at radius 2 is 2.17 bits per heavy atom. The Labute approximate surface area is 67.5 Å². The third kappa shape index (κ3) is 8.95. The van der Waals surface area contributed by atoms with Gasteiger partial charge in [-0.25, -0.2) is 0 Å². The zero-order valence-electron chi connectivity index (χ0n) is 3.98. The maximum absolute atomic E-state index is 7.94. The van der Waals surface area contributed by atoms with Crippen LogP contribution in [0.15, 0.2) is 0 Å². The molecule has 0 bridgehead atoms. The Morgan fingerprint density at radius 1 is 1.67 bits per heavy atom. The molecule has 0 atom stereocenters. The van der Waals surface area contributed by atoms with E-state index in [-0.39, 0.29) is 44.3 Å². The molecule has 0 aliphatic heterocycles. The van der Waals surface area contributed by atoms with Crippen LogP contribution in [0.2, 0.25) is 0 Å². The summed E-state index contributed by atoms with van der Waals surface area (Å²) in [5.41, 5.74) is 0. The first-order valence-electron chi connectivity index (χ1n) is 1.51. The van der Waals surface area contributed by atoms with Crippen LogP contribution in [0.3, 0.4) is 0 Å². The maximum atomic E-state index is 7.94. The molecule has 0 rings (SSSR count). The largest absolute Gasteiger partial charge is 2.00 e. The van der Waals surface area contributed by atoms with Gasteiger partial charge in [0.1, 0.15) is 0 Å². The van der Waals surface area contributed by atoms with Crippen molar-refractivity contribution in [1.82, 2.24) is 0 Å². The molecule has 0 aromatic rings. The summed E-state index contributed by atoms with van der Waals surface area (Å²) in [5, 5.41) is 7.94. The SMILES string of the molecule is COCCO.[Ca+2]. The molecule has 0 aliphatic carbocycles. The smallest absolute Gasteiger partial charge is 0.394 e.